The van der Waals surface area contributed by atoms with Crippen molar-refractivity contribution in [3.63, 3.8) is 0 Å². The van der Waals surface area contributed by atoms with Crippen LogP contribution in [0.2, 0.25) is 23.0 Å². The van der Waals surface area contributed by atoms with E-state index in [1.165, 1.54) is 21.6 Å². The summed E-state index contributed by atoms with van der Waals surface area (Å²) < 4.78 is 6.29. The molecule has 0 bridgehead atoms. The molecule has 124 valence electrons. The van der Waals surface area contributed by atoms with E-state index in [1.54, 1.807) is 13.2 Å². The predicted octanol–water partition coefficient (Wildman–Crippen LogP) is 2.82. The first kappa shape index (κ1) is 15.7. The Morgan fingerprint density at radius 1 is 0.680 bits per heavy atom. The van der Waals surface area contributed by atoms with Crippen molar-refractivity contribution in [3.8, 4) is 0 Å². The van der Waals surface area contributed by atoms with Gasteiger partial charge in [-0.1, -0.05) is 0 Å². The number of hydrogen-bond acceptors (Lipinski definition) is 2. The molecule has 25 heavy (non-hydrogen) atoms. The van der Waals surface area contributed by atoms with Gasteiger partial charge in [0, 0.05) is 0 Å². The Labute approximate surface area is 154 Å². The van der Waals surface area contributed by atoms with Gasteiger partial charge in [-0.3, -0.25) is 0 Å². The second-order valence-corrected chi connectivity index (χ2v) is 26.3. The van der Waals surface area contributed by atoms with Crippen LogP contribution < -0.4 is 22.5 Å². The van der Waals surface area contributed by atoms with Gasteiger partial charge in [-0.15, -0.1) is 0 Å². The number of hydrogen-bond donors (Lipinski definition) is 0. The fraction of sp³-hybridized carbons (Fsp3) is 0.190. The Hall–Kier alpha value is -1.52. The normalized spacial score (nSPS) is 18.2. The SMILES string of the molecule is [CH3][Ge]1([CH3])[c]2ccccc2N2c3nccc[c]3[Ge]([CH3])([CH3])[c]3ccc[c]1c32. The molecular formula is C21H22Ge2N2. The van der Waals surface area contributed by atoms with Crippen molar-refractivity contribution in [3.05, 3.63) is 60.8 Å². The Bertz CT molecular complexity index is 946. The zero-order chi connectivity index (χ0) is 17.4. The van der Waals surface area contributed by atoms with Crippen LogP contribution >= 0.6 is 0 Å². The van der Waals surface area contributed by atoms with Crippen LogP contribution in [-0.4, -0.2) is 31.5 Å². The molecule has 1 aromatic heterocycles. The van der Waals surface area contributed by atoms with Crippen LogP contribution in [0.4, 0.5) is 17.2 Å². The van der Waals surface area contributed by atoms with Gasteiger partial charge >= 0.3 is 155 Å². The van der Waals surface area contributed by atoms with E-state index >= 15 is 0 Å². The van der Waals surface area contributed by atoms with E-state index < -0.39 is 26.5 Å². The van der Waals surface area contributed by atoms with Crippen molar-refractivity contribution in [2.75, 3.05) is 4.90 Å². The summed E-state index contributed by atoms with van der Waals surface area (Å²) in [4.78, 5) is 7.36. The molecule has 4 heteroatoms. The molecule has 2 aliphatic heterocycles. The Morgan fingerprint density at radius 2 is 1.28 bits per heavy atom. The van der Waals surface area contributed by atoms with E-state index in [1.807, 2.05) is 6.20 Å². The summed E-state index contributed by atoms with van der Waals surface area (Å²) >= 11 is -4.66. The average molecular weight is 448 g/mol. The molecule has 3 aromatic rings. The number of anilines is 3. The van der Waals surface area contributed by atoms with Crippen LogP contribution in [0.25, 0.3) is 0 Å². The molecule has 2 aliphatic rings. The number of fused-ring (bicyclic) bond motifs is 4. The molecule has 2 nitrogen and oxygen atoms in total. The Balaban J connectivity index is 1.97. The van der Waals surface area contributed by atoms with E-state index in [2.05, 4.69) is 82.5 Å². The van der Waals surface area contributed by atoms with E-state index in [9.17, 15) is 0 Å². The molecule has 0 aliphatic carbocycles. The quantitative estimate of drug-likeness (QED) is 0.493. The fourth-order valence-electron chi connectivity index (χ4n) is 4.68. The zero-order valence-corrected chi connectivity index (χ0v) is 19.4. The topological polar surface area (TPSA) is 16.1 Å². The third-order valence-electron chi connectivity index (χ3n) is 6.10. The molecular weight excluding hydrogens is 425 g/mol. The van der Waals surface area contributed by atoms with Crippen molar-refractivity contribution in [2.45, 2.75) is 23.0 Å². The van der Waals surface area contributed by atoms with Crippen molar-refractivity contribution in [1.82, 2.24) is 4.98 Å². The molecule has 0 N–H and O–H groups in total. The van der Waals surface area contributed by atoms with Crippen molar-refractivity contribution in [2.24, 2.45) is 0 Å². The summed E-state index contributed by atoms with van der Waals surface area (Å²) in [7, 11) is 0. The van der Waals surface area contributed by atoms with Crippen molar-refractivity contribution >= 4 is 61.3 Å². The third kappa shape index (κ3) is 1.90. The van der Waals surface area contributed by atoms with Gasteiger partial charge in [0.25, 0.3) is 0 Å². The minimum atomic E-state index is -2.35. The van der Waals surface area contributed by atoms with Crippen LogP contribution in [0.3, 0.4) is 0 Å². The molecule has 5 rings (SSSR count). The van der Waals surface area contributed by atoms with Gasteiger partial charge in [0.15, 0.2) is 0 Å². The van der Waals surface area contributed by atoms with Crippen LogP contribution in [0, 0.1) is 0 Å². The van der Waals surface area contributed by atoms with Gasteiger partial charge in [-0.05, 0) is 0 Å². The molecule has 0 atom stereocenters. The van der Waals surface area contributed by atoms with E-state index in [0.717, 1.165) is 0 Å². The summed E-state index contributed by atoms with van der Waals surface area (Å²) in [6, 6.07) is 20.6. The van der Waals surface area contributed by atoms with Gasteiger partial charge in [0.1, 0.15) is 0 Å². The first-order chi connectivity index (χ1) is 11.9. The second kappa shape index (κ2) is 5.01. The standard InChI is InChI=1S/C21H22Ge2N2/c1-22(2)15-9-5-6-13-19(15)25-20-16(22)10-7-11-17(20)23(3,4)18-12-8-14-24-21(18)25/h5-14H,1-4H3. The summed E-state index contributed by atoms with van der Waals surface area (Å²) in [5.74, 6) is 11.3. The summed E-state index contributed by atoms with van der Waals surface area (Å²) in [6.07, 6.45) is 1.95. The van der Waals surface area contributed by atoms with Crippen molar-refractivity contribution in [1.29, 1.82) is 0 Å². The van der Waals surface area contributed by atoms with Crippen LogP contribution in [0.1, 0.15) is 0 Å². The molecule has 0 amide bonds. The maximum absolute atomic E-state index is 4.88. The van der Waals surface area contributed by atoms with E-state index in [4.69, 9.17) is 4.98 Å². The van der Waals surface area contributed by atoms with Gasteiger partial charge in [0.05, 0.1) is 0 Å². The predicted molar refractivity (Wildman–Crippen MR) is 112 cm³/mol. The van der Waals surface area contributed by atoms with E-state index in [-0.39, 0.29) is 0 Å². The molecule has 0 spiro atoms. The molecule has 3 heterocycles. The fourth-order valence-corrected chi connectivity index (χ4v) is 17.6. The van der Waals surface area contributed by atoms with Crippen molar-refractivity contribution < 1.29 is 0 Å². The number of aromatic nitrogens is 1. The van der Waals surface area contributed by atoms with E-state index in [0.29, 0.717) is 0 Å². The molecule has 0 saturated heterocycles. The van der Waals surface area contributed by atoms with Crippen LogP contribution in [0.15, 0.2) is 60.8 Å². The van der Waals surface area contributed by atoms with Gasteiger partial charge in [0.2, 0.25) is 0 Å². The van der Waals surface area contributed by atoms with Crippen LogP contribution in [0.5, 0.6) is 0 Å². The molecule has 2 aromatic carbocycles. The minimum absolute atomic E-state index is 1.18. The first-order valence-corrected chi connectivity index (χ1v) is 21.5. The summed E-state index contributed by atoms with van der Waals surface area (Å²) in [5.41, 5.74) is 2.85. The maximum atomic E-state index is 4.88. The molecule has 0 unspecified atom stereocenters. The number of nitrogens with zero attached hydrogens (tertiary/aromatic N) is 2. The average Bonchev–Trinajstić information content (AvgIpc) is 2.61. The Morgan fingerprint density at radius 3 is 2.04 bits per heavy atom. The van der Waals surface area contributed by atoms with Crippen LogP contribution in [-0.2, 0) is 0 Å². The first-order valence-electron chi connectivity index (χ1n) is 8.93. The second-order valence-electron chi connectivity index (χ2n) is 8.18. The zero-order valence-electron chi connectivity index (χ0n) is 15.2. The number of rotatable bonds is 0. The number of benzene rings is 2. The monoisotopic (exact) mass is 450 g/mol. The number of para-hydroxylation sites is 2. The summed E-state index contributed by atoms with van der Waals surface area (Å²) in [5, 5.41) is 0. The summed E-state index contributed by atoms with van der Waals surface area (Å²) in [6.45, 7) is 0. The molecule has 0 radical (unpaired) electrons. The molecule has 0 saturated carbocycles. The van der Waals surface area contributed by atoms with Gasteiger partial charge in [-0.25, -0.2) is 0 Å². The Kier molecular flexibility index (Phi) is 3.15. The van der Waals surface area contributed by atoms with Gasteiger partial charge in [-0.2, -0.15) is 0 Å². The van der Waals surface area contributed by atoms with Gasteiger partial charge < -0.3 is 0 Å². The molecule has 0 fully saturated rings. The number of pyridine rings is 1. The third-order valence-corrected chi connectivity index (χ3v) is 20.8.